The minimum absolute atomic E-state index is 0.00991. The SMILES string of the molecule is CCOC(CC)C(NC)c1cc(F)ccc1Cl. The second kappa shape index (κ2) is 6.94. The molecular formula is C13H19ClFNO. The highest BCUT2D eigenvalue weighted by Crippen LogP contribution is 2.28. The number of nitrogens with one attached hydrogen (secondary N) is 1. The van der Waals surface area contributed by atoms with Gasteiger partial charge in [-0.15, -0.1) is 0 Å². The number of rotatable bonds is 6. The molecule has 1 aromatic carbocycles. The third-order valence-electron chi connectivity index (χ3n) is 2.76. The Bertz CT molecular complexity index is 359. The van der Waals surface area contributed by atoms with E-state index in [0.29, 0.717) is 11.6 Å². The second-order valence-corrected chi connectivity index (χ2v) is 4.24. The van der Waals surface area contributed by atoms with Crippen LogP contribution in [0.3, 0.4) is 0 Å². The first-order valence-corrected chi connectivity index (χ1v) is 6.25. The number of hydrogen-bond donors (Lipinski definition) is 1. The van der Waals surface area contributed by atoms with Crippen LogP contribution in [0.2, 0.25) is 5.02 Å². The van der Waals surface area contributed by atoms with Gasteiger partial charge in [-0.3, -0.25) is 0 Å². The molecule has 0 aliphatic carbocycles. The molecular weight excluding hydrogens is 241 g/mol. The zero-order valence-corrected chi connectivity index (χ0v) is 11.2. The van der Waals surface area contributed by atoms with Gasteiger partial charge in [-0.05, 0) is 44.2 Å². The summed E-state index contributed by atoms with van der Waals surface area (Å²) >= 11 is 6.11. The van der Waals surface area contributed by atoms with E-state index < -0.39 is 0 Å². The van der Waals surface area contributed by atoms with Crippen molar-refractivity contribution in [2.24, 2.45) is 0 Å². The smallest absolute Gasteiger partial charge is 0.123 e. The molecule has 0 spiro atoms. The van der Waals surface area contributed by atoms with E-state index in [2.05, 4.69) is 5.32 Å². The molecule has 17 heavy (non-hydrogen) atoms. The van der Waals surface area contributed by atoms with Crippen molar-refractivity contribution in [3.8, 4) is 0 Å². The van der Waals surface area contributed by atoms with Gasteiger partial charge in [0.25, 0.3) is 0 Å². The minimum atomic E-state index is -0.281. The highest BCUT2D eigenvalue weighted by atomic mass is 35.5. The second-order valence-electron chi connectivity index (χ2n) is 3.83. The van der Waals surface area contributed by atoms with Crippen LogP contribution in [-0.2, 0) is 4.74 Å². The van der Waals surface area contributed by atoms with Crippen molar-refractivity contribution in [3.05, 3.63) is 34.6 Å². The van der Waals surface area contributed by atoms with Crippen molar-refractivity contribution >= 4 is 11.6 Å². The fourth-order valence-corrected chi connectivity index (χ4v) is 2.19. The Morgan fingerprint density at radius 1 is 1.41 bits per heavy atom. The van der Waals surface area contributed by atoms with Gasteiger partial charge in [0.2, 0.25) is 0 Å². The number of halogens is 2. The molecule has 0 heterocycles. The lowest BCUT2D eigenvalue weighted by molar-refractivity contribution is 0.0333. The quantitative estimate of drug-likeness (QED) is 0.844. The summed E-state index contributed by atoms with van der Waals surface area (Å²) in [6.45, 7) is 4.62. The minimum Gasteiger partial charge on any atom is -0.377 e. The Kier molecular flexibility index (Phi) is 5.89. The van der Waals surface area contributed by atoms with Gasteiger partial charge < -0.3 is 10.1 Å². The van der Waals surface area contributed by atoms with Gasteiger partial charge in [-0.1, -0.05) is 18.5 Å². The average molecular weight is 260 g/mol. The fraction of sp³-hybridized carbons (Fsp3) is 0.538. The molecule has 1 N–H and O–H groups in total. The van der Waals surface area contributed by atoms with E-state index in [4.69, 9.17) is 16.3 Å². The summed E-state index contributed by atoms with van der Waals surface area (Å²) in [5.41, 5.74) is 0.745. The Morgan fingerprint density at radius 3 is 2.65 bits per heavy atom. The highest BCUT2D eigenvalue weighted by Gasteiger charge is 2.23. The van der Waals surface area contributed by atoms with Crippen LogP contribution in [0, 0.1) is 5.82 Å². The molecule has 4 heteroatoms. The summed E-state index contributed by atoms with van der Waals surface area (Å²) in [4.78, 5) is 0. The van der Waals surface area contributed by atoms with E-state index in [1.54, 1.807) is 6.07 Å². The van der Waals surface area contributed by atoms with Gasteiger partial charge in [0.05, 0.1) is 12.1 Å². The summed E-state index contributed by atoms with van der Waals surface area (Å²) in [5, 5.41) is 3.71. The monoisotopic (exact) mass is 259 g/mol. The molecule has 0 amide bonds. The lowest BCUT2D eigenvalue weighted by Gasteiger charge is -2.27. The molecule has 0 aliphatic rings. The van der Waals surface area contributed by atoms with Crippen molar-refractivity contribution in [1.29, 1.82) is 0 Å². The lowest BCUT2D eigenvalue weighted by atomic mass is 9.99. The van der Waals surface area contributed by atoms with Crippen LogP contribution >= 0.6 is 11.6 Å². The van der Waals surface area contributed by atoms with Gasteiger partial charge in [-0.2, -0.15) is 0 Å². The normalized spacial score (nSPS) is 14.6. The van der Waals surface area contributed by atoms with E-state index in [1.807, 2.05) is 20.9 Å². The molecule has 0 saturated carbocycles. The molecule has 0 radical (unpaired) electrons. The molecule has 2 atom stereocenters. The zero-order chi connectivity index (χ0) is 12.8. The molecule has 0 aromatic heterocycles. The Balaban J connectivity index is 3.02. The summed E-state index contributed by atoms with van der Waals surface area (Å²) in [6.07, 6.45) is 0.830. The van der Waals surface area contributed by atoms with Gasteiger partial charge in [0.15, 0.2) is 0 Å². The Labute approximate surface area is 107 Å². The first-order valence-electron chi connectivity index (χ1n) is 5.87. The van der Waals surface area contributed by atoms with Crippen LogP contribution in [0.4, 0.5) is 4.39 Å². The summed E-state index contributed by atoms with van der Waals surface area (Å²) in [7, 11) is 1.83. The molecule has 0 bridgehead atoms. The van der Waals surface area contributed by atoms with E-state index in [0.717, 1.165) is 12.0 Å². The number of benzene rings is 1. The highest BCUT2D eigenvalue weighted by molar-refractivity contribution is 6.31. The Morgan fingerprint density at radius 2 is 2.12 bits per heavy atom. The standard InChI is InChI=1S/C13H19ClFNO/c1-4-12(17-5-2)13(16-3)10-8-9(15)6-7-11(10)14/h6-8,12-13,16H,4-5H2,1-3H3. The van der Waals surface area contributed by atoms with E-state index >= 15 is 0 Å². The van der Waals surface area contributed by atoms with Gasteiger partial charge in [0, 0.05) is 11.6 Å². The molecule has 1 rings (SSSR count). The van der Waals surface area contributed by atoms with Gasteiger partial charge in [-0.25, -0.2) is 4.39 Å². The summed E-state index contributed by atoms with van der Waals surface area (Å²) in [5.74, 6) is -0.281. The zero-order valence-electron chi connectivity index (χ0n) is 10.5. The molecule has 0 saturated heterocycles. The van der Waals surface area contributed by atoms with E-state index in [-0.39, 0.29) is 18.0 Å². The molecule has 2 unspecified atom stereocenters. The molecule has 1 aromatic rings. The predicted molar refractivity (Wildman–Crippen MR) is 68.9 cm³/mol. The molecule has 96 valence electrons. The molecule has 0 fully saturated rings. The van der Waals surface area contributed by atoms with Crippen LogP contribution in [0.15, 0.2) is 18.2 Å². The number of hydrogen-bond acceptors (Lipinski definition) is 2. The number of ether oxygens (including phenoxy) is 1. The summed E-state index contributed by atoms with van der Waals surface area (Å²) < 4.78 is 18.9. The average Bonchev–Trinajstić information content (AvgIpc) is 2.33. The van der Waals surface area contributed by atoms with Crippen molar-refractivity contribution in [2.75, 3.05) is 13.7 Å². The van der Waals surface area contributed by atoms with E-state index in [1.165, 1.54) is 12.1 Å². The maximum absolute atomic E-state index is 13.3. The largest absolute Gasteiger partial charge is 0.377 e. The van der Waals surface area contributed by atoms with Gasteiger partial charge >= 0.3 is 0 Å². The topological polar surface area (TPSA) is 21.3 Å². The van der Waals surface area contributed by atoms with Crippen molar-refractivity contribution < 1.29 is 9.13 Å². The van der Waals surface area contributed by atoms with Crippen LogP contribution in [0.1, 0.15) is 31.9 Å². The Hall–Kier alpha value is -0.640. The van der Waals surface area contributed by atoms with Crippen LogP contribution in [0.5, 0.6) is 0 Å². The first-order chi connectivity index (χ1) is 8.13. The maximum Gasteiger partial charge on any atom is 0.123 e. The first kappa shape index (κ1) is 14.4. The van der Waals surface area contributed by atoms with Gasteiger partial charge in [0.1, 0.15) is 5.82 Å². The third kappa shape index (κ3) is 3.66. The van der Waals surface area contributed by atoms with Crippen LogP contribution in [0.25, 0.3) is 0 Å². The maximum atomic E-state index is 13.3. The third-order valence-corrected chi connectivity index (χ3v) is 3.10. The van der Waals surface area contributed by atoms with E-state index in [9.17, 15) is 4.39 Å². The predicted octanol–water partition coefficient (Wildman–Crippen LogP) is 3.55. The number of likely N-dealkylation sites (N-methyl/N-ethyl adjacent to an activating group) is 1. The van der Waals surface area contributed by atoms with Crippen molar-refractivity contribution in [3.63, 3.8) is 0 Å². The molecule has 2 nitrogen and oxygen atoms in total. The van der Waals surface area contributed by atoms with Crippen molar-refractivity contribution in [2.45, 2.75) is 32.4 Å². The summed E-state index contributed by atoms with van der Waals surface area (Å²) in [6, 6.07) is 4.31. The fourth-order valence-electron chi connectivity index (χ4n) is 1.96. The molecule has 0 aliphatic heterocycles. The van der Waals surface area contributed by atoms with Crippen LogP contribution < -0.4 is 5.32 Å². The van der Waals surface area contributed by atoms with Crippen molar-refractivity contribution in [1.82, 2.24) is 5.32 Å². The van der Waals surface area contributed by atoms with Crippen LogP contribution in [-0.4, -0.2) is 19.8 Å². The lowest BCUT2D eigenvalue weighted by Crippen LogP contribution is -2.31.